The first-order valence-electron chi connectivity index (χ1n) is 19.8. The molecule has 0 aromatic heterocycles. The zero-order chi connectivity index (χ0) is 34.5. The minimum absolute atomic E-state index is 0.0880. The van der Waals surface area contributed by atoms with Gasteiger partial charge >= 0.3 is 17.9 Å². The number of rotatable bonds is 35. The predicted molar refractivity (Wildman–Crippen MR) is 196 cm³/mol. The van der Waals surface area contributed by atoms with Gasteiger partial charge in [0.05, 0.1) is 0 Å². The first kappa shape index (κ1) is 44.9. The standard InChI is InChI=1S/C41H74O6/c1-4-6-8-10-12-14-16-18-20-22-24-26-28-30-32-34-40(43)46-37-39(36-45-38(3)42)47-41(44)35-33-31-29-27-25-23-21-19-17-15-13-11-9-7-5-2/h18-21,39H,4-17,22-37H2,1-3H3/t39-/m0/s1. The van der Waals surface area contributed by atoms with Crippen molar-refractivity contribution in [3.8, 4) is 0 Å². The molecule has 6 heteroatoms. The molecule has 0 aliphatic rings. The van der Waals surface area contributed by atoms with E-state index >= 15 is 0 Å². The number of hydrogen-bond acceptors (Lipinski definition) is 6. The number of carbonyl (C=O) groups excluding carboxylic acids is 3. The smallest absolute Gasteiger partial charge is 0.306 e. The van der Waals surface area contributed by atoms with Crippen molar-refractivity contribution < 1.29 is 28.6 Å². The van der Waals surface area contributed by atoms with E-state index in [2.05, 4.69) is 38.2 Å². The summed E-state index contributed by atoms with van der Waals surface area (Å²) < 4.78 is 15.9. The number of hydrogen-bond donors (Lipinski definition) is 0. The van der Waals surface area contributed by atoms with Crippen LogP contribution in [0, 0.1) is 0 Å². The van der Waals surface area contributed by atoms with Crippen LogP contribution in [0.15, 0.2) is 24.3 Å². The van der Waals surface area contributed by atoms with E-state index in [-0.39, 0.29) is 25.2 Å². The fourth-order valence-electron chi connectivity index (χ4n) is 5.51. The van der Waals surface area contributed by atoms with E-state index in [1.807, 2.05) is 0 Å². The lowest BCUT2D eigenvalue weighted by Gasteiger charge is -2.17. The molecular weight excluding hydrogens is 588 g/mol. The Morgan fingerprint density at radius 3 is 1.19 bits per heavy atom. The number of carbonyl (C=O) groups is 3. The molecular formula is C41H74O6. The summed E-state index contributed by atoms with van der Waals surface area (Å²) in [4.78, 5) is 35.9. The zero-order valence-electron chi connectivity index (χ0n) is 31.0. The molecule has 0 bridgehead atoms. The van der Waals surface area contributed by atoms with E-state index in [0.29, 0.717) is 12.8 Å². The highest BCUT2D eigenvalue weighted by Crippen LogP contribution is 2.13. The topological polar surface area (TPSA) is 78.9 Å². The average Bonchev–Trinajstić information content (AvgIpc) is 3.05. The monoisotopic (exact) mass is 663 g/mol. The van der Waals surface area contributed by atoms with Gasteiger partial charge in [-0.05, 0) is 64.2 Å². The Balaban J connectivity index is 3.87. The molecule has 0 amide bonds. The third kappa shape index (κ3) is 36.6. The van der Waals surface area contributed by atoms with Crippen LogP contribution in [0.4, 0.5) is 0 Å². The molecule has 47 heavy (non-hydrogen) atoms. The molecule has 0 N–H and O–H groups in total. The maximum Gasteiger partial charge on any atom is 0.306 e. The van der Waals surface area contributed by atoms with E-state index in [9.17, 15) is 14.4 Å². The molecule has 0 fully saturated rings. The molecule has 0 aromatic carbocycles. The molecule has 0 aliphatic carbocycles. The van der Waals surface area contributed by atoms with Gasteiger partial charge in [0, 0.05) is 19.8 Å². The molecule has 1 atom stereocenters. The quantitative estimate of drug-likeness (QED) is 0.0291. The normalized spacial score (nSPS) is 12.1. The van der Waals surface area contributed by atoms with Crippen molar-refractivity contribution in [2.75, 3.05) is 13.2 Å². The third-order valence-electron chi connectivity index (χ3n) is 8.49. The molecule has 0 spiro atoms. The van der Waals surface area contributed by atoms with Gasteiger partial charge in [-0.2, -0.15) is 0 Å². The molecule has 0 aromatic rings. The summed E-state index contributed by atoms with van der Waals surface area (Å²) in [5.41, 5.74) is 0. The van der Waals surface area contributed by atoms with Crippen molar-refractivity contribution in [3.63, 3.8) is 0 Å². The Hall–Kier alpha value is -2.11. The van der Waals surface area contributed by atoms with Crippen molar-refractivity contribution in [2.45, 2.75) is 207 Å². The fourth-order valence-corrected chi connectivity index (χ4v) is 5.51. The van der Waals surface area contributed by atoms with Gasteiger partial charge in [-0.3, -0.25) is 14.4 Å². The highest BCUT2D eigenvalue weighted by Gasteiger charge is 2.18. The van der Waals surface area contributed by atoms with E-state index in [0.717, 1.165) is 57.8 Å². The lowest BCUT2D eigenvalue weighted by atomic mass is 10.1. The summed E-state index contributed by atoms with van der Waals surface area (Å²) in [6.45, 7) is 5.63. The van der Waals surface area contributed by atoms with Gasteiger partial charge in [-0.25, -0.2) is 0 Å². The van der Waals surface area contributed by atoms with Gasteiger partial charge in [0.2, 0.25) is 0 Å². The molecule has 6 nitrogen and oxygen atoms in total. The van der Waals surface area contributed by atoms with Gasteiger partial charge in [-0.1, -0.05) is 141 Å². The van der Waals surface area contributed by atoms with Crippen LogP contribution >= 0.6 is 0 Å². The van der Waals surface area contributed by atoms with E-state index in [1.165, 1.54) is 116 Å². The molecule has 0 saturated carbocycles. The highest BCUT2D eigenvalue weighted by molar-refractivity contribution is 5.70. The van der Waals surface area contributed by atoms with Gasteiger partial charge < -0.3 is 14.2 Å². The summed E-state index contributed by atoms with van der Waals surface area (Å²) in [5.74, 6) is -1.10. The second kappa shape index (κ2) is 36.7. The Morgan fingerprint density at radius 2 is 0.787 bits per heavy atom. The Bertz CT molecular complexity index is 774. The summed E-state index contributed by atoms with van der Waals surface area (Å²) >= 11 is 0. The van der Waals surface area contributed by atoms with Gasteiger partial charge in [0.1, 0.15) is 13.2 Å². The van der Waals surface area contributed by atoms with Crippen LogP contribution in [0.3, 0.4) is 0 Å². The van der Waals surface area contributed by atoms with Gasteiger partial charge in [0.15, 0.2) is 6.10 Å². The second-order valence-electron chi connectivity index (χ2n) is 13.3. The largest absolute Gasteiger partial charge is 0.462 e. The molecule has 274 valence electrons. The van der Waals surface area contributed by atoms with E-state index in [1.54, 1.807) is 0 Å². The van der Waals surface area contributed by atoms with Crippen molar-refractivity contribution in [3.05, 3.63) is 24.3 Å². The minimum atomic E-state index is -0.771. The minimum Gasteiger partial charge on any atom is -0.462 e. The number of ether oxygens (including phenoxy) is 3. The van der Waals surface area contributed by atoms with Crippen molar-refractivity contribution >= 4 is 17.9 Å². The predicted octanol–water partition coefficient (Wildman–Crippen LogP) is 12.1. The van der Waals surface area contributed by atoms with Crippen LogP contribution < -0.4 is 0 Å². The second-order valence-corrected chi connectivity index (χ2v) is 13.3. The summed E-state index contributed by atoms with van der Waals surface area (Å²) in [5, 5.41) is 0. The molecule has 0 radical (unpaired) electrons. The molecule has 0 rings (SSSR count). The van der Waals surface area contributed by atoms with Gasteiger partial charge in [0.25, 0.3) is 0 Å². The molecule has 0 heterocycles. The van der Waals surface area contributed by atoms with Crippen LogP contribution in [0.2, 0.25) is 0 Å². The number of esters is 3. The van der Waals surface area contributed by atoms with Crippen LogP contribution in [0.1, 0.15) is 201 Å². The number of unbranched alkanes of at least 4 members (excludes halogenated alkanes) is 22. The van der Waals surface area contributed by atoms with Crippen LogP contribution in [0.5, 0.6) is 0 Å². The fraction of sp³-hybridized carbons (Fsp3) is 0.829. The Kier molecular flexibility index (Phi) is 35.1. The maximum absolute atomic E-state index is 12.4. The Morgan fingerprint density at radius 1 is 0.447 bits per heavy atom. The molecule has 0 aliphatic heterocycles. The van der Waals surface area contributed by atoms with Crippen molar-refractivity contribution in [1.82, 2.24) is 0 Å². The average molecular weight is 663 g/mol. The maximum atomic E-state index is 12.4. The number of allylic oxidation sites excluding steroid dienone is 4. The SMILES string of the molecule is CCCCCCCCC=CCCCCCCCC(=O)OC[C@H](COC(C)=O)OC(=O)CCCCCCCC=CCCCCCCCC. The molecule has 0 unspecified atom stereocenters. The first-order valence-corrected chi connectivity index (χ1v) is 19.8. The van der Waals surface area contributed by atoms with Crippen LogP contribution in [-0.2, 0) is 28.6 Å². The summed E-state index contributed by atoms with van der Waals surface area (Å²) in [7, 11) is 0. The van der Waals surface area contributed by atoms with Crippen LogP contribution in [0.25, 0.3) is 0 Å². The van der Waals surface area contributed by atoms with E-state index < -0.39 is 12.1 Å². The summed E-state index contributed by atoms with van der Waals surface area (Å²) in [6.07, 6.45) is 40.5. The van der Waals surface area contributed by atoms with Gasteiger partial charge in [-0.15, -0.1) is 0 Å². The highest BCUT2D eigenvalue weighted by atomic mass is 16.6. The van der Waals surface area contributed by atoms with Crippen LogP contribution in [-0.4, -0.2) is 37.2 Å². The van der Waals surface area contributed by atoms with Crippen molar-refractivity contribution in [1.29, 1.82) is 0 Å². The first-order chi connectivity index (χ1) is 23.0. The third-order valence-corrected chi connectivity index (χ3v) is 8.49. The van der Waals surface area contributed by atoms with Crippen molar-refractivity contribution in [2.24, 2.45) is 0 Å². The molecule has 0 saturated heterocycles. The zero-order valence-corrected chi connectivity index (χ0v) is 31.0. The van der Waals surface area contributed by atoms with E-state index in [4.69, 9.17) is 14.2 Å². The Labute approximate surface area is 290 Å². The lowest BCUT2D eigenvalue weighted by molar-refractivity contribution is -0.166. The lowest BCUT2D eigenvalue weighted by Crippen LogP contribution is -2.30. The summed E-state index contributed by atoms with van der Waals surface area (Å²) in [6, 6.07) is 0.